The Morgan fingerprint density at radius 3 is 1.47 bits per heavy atom. The lowest BCUT2D eigenvalue weighted by molar-refractivity contribution is 0.668. The van der Waals surface area contributed by atoms with E-state index in [9.17, 15) is 0 Å². The van der Waals surface area contributed by atoms with Gasteiger partial charge in [0.05, 0.1) is 16.9 Å². The molecule has 0 spiro atoms. The average molecular weight is 769 g/mol. The third-order valence-electron chi connectivity index (χ3n) is 11.3. The van der Waals surface area contributed by atoms with Crippen molar-refractivity contribution in [1.82, 2.24) is 19.9 Å². The zero-order valence-electron chi connectivity index (χ0n) is 32.1. The molecule has 60 heavy (non-hydrogen) atoms. The van der Waals surface area contributed by atoms with Crippen molar-refractivity contribution < 1.29 is 8.83 Å². The Morgan fingerprint density at radius 2 is 0.800 bits per heavy atom. The van der Waals surface area contributed by atoms with Gasteiger partial charge in [-0.25, -0.2) is 19.9 Å². The average Bonchev–Trinajstić information content (AvgIpc) is 3.89. The molecule has 0 unspecified atom stereocenters. The molecule has 0 saturated heterocycles. The van der Waals surface area contributed by atoms with E-state index >= 15 is 0 Å². The number of rotatable bonds is 6. The molecule has 0 fully saturated rings. The second kappa shape index (κ2) is 13.7. The zero-order valence-corrected chi connectivity index (χ0v) is 32.1. The smallest absolute Gasteiger partial charge is 0.160 e. The molecule has 0 saturated carbocycles. The number of furan rings is 2. The van der Waals surface area contributed by atoms with Gasteiger partial charge in [0, 0.05) is 55.4 Å². The lowest BCUT2D eigenvalue weighted by Crippen LogP contribution is -1.97. The van der Waals surface area contributed by atoms with Gasteiger partial charge in [0.1, 0.15) is 22.3 Å². The van der Waals surface area contributed by atoms with Crippen molar-refractivity contribution in [2.75, 3.05) is 0 Å². The summed E-state index contributed by atoms with van der Waals surface area (Å²) in [4.78, 5) is 19.9. The Kier molecular flexibility index (Phi) is 7.74. The molecule has 8 aromatic carbocycles. The third kappa shape index (κ3) is 5.89. The van der Waals surface area contributed by atoms with Crippen LogP contribution in [-0.4, -0.2) is 19.9 Å². The first-order chi connectivity index (χ1) is 29.7. The van der Waals surface area contributed by atoms with Crippen LogP contribution in [0.15, 0.2) is 203 Å². The Labute approximate surface area is 344 Å². The van der Waals surface area contributed by atoms with Crippen molar-refractivity contribution in [3.05, 3.63) is 194 Å². The second-order valence-electron chi connectivity index (χ2n) is 15.1. The van der Waals surface area contributed by atoms with Gasteiger partial charge in [-0.15, -0.1) is 0 Å². The summed E-state index contributed by atoms with van der Waals surface area (Å²) in [5.74, 6) is 1.33. The minimum Gasteiger partial charge on any atom is -0.456 e. The second-order valence-corrected chi connectivity index (χ2v) is 15.1. The Hall–Kier alpha value is -8.22. The first kappa shape index (κ1) is 33.9. The number of benzene rings is 8. The first-order valence-electron chi connectivity index (χ1n) is 19.9. The van der Waals surface area contributed by atoms with E-state index in [0.717, 1.165) is 111 Å². The molecule has 0 aliphatic heterocycles. The lowest BCUT2D eigenvalue weighted by atomic mass is 9.93. The largest absolute Gasteiger partial charge is 0.456 e. The van der Waals surface area contributed by atoms with E-state index in [4.69, 9.17) is 23.8 Å². The number of fused-ring (bicyclic) bond motifs is 7. The van der Waals surface area contributed by atoms with E-state index in [2.05, 4.69) is 126 Å². The highest BCUT2D eigenvalue weighted by atomic mass is 16.3. The van der Waals surface area contributed by atoms with E-state index in [1.807, 2.05) is 72.9 Å². The van der Waals surface area contributed by atoms with Gasteiger partial charge in [-0.3, -0.25) is 0 Å². The highest BCUT2D eigenvalue weighted by Crippen LogP contribution is 2.39. The summed E-state index contributed by atoms with van der Waals surface area (Å²) in [6.07, 6.45) is 1.88. The van der Waals surface area contributed by atoms with E-state index in [1.165, 1.54) is 0 Å². The fourth-order valence-corrected chi connectivity index (χ4v) is 8.28. The van der Waals surface area contributed by atoms with Crippen LogP contribution in [0, 0.1) is 0 Å². The summed E-state index contributed by atoms with van der Waals surface area (Å²) >= 11 is 0. The van der Waals surface area contributed by atoms with Gasteiger partial charge in [-0.2, -0.15) is 0 Å². The van der Waals surface area contributed by atoms with Gasteiger partial charge in [0.25, 0.3) is 0 Å². The molecule has 12 rings (SSSR count). The van der Waals surface area contributed by atoms with Crippen LogP contribution in [0.25, 0.3) is 122 Å². The molecular formula is C54H32N4O2. The van der Waals surface area contributed by atoms with Gasteiger partial charge >= 0.3 is 0 Å². The van der Waals surface area contributed by atoms with Crippen LogP contribution < -0.4 is 0 Å². The van der Waals surface area contributed by atoms with Crippen LogP contribution in [0.5, 0.6) is 0 Å². The molecule has 4 aromatic heterocycles. The topological polar surface area (TPSA) is 77.8 Å². The number of hydrogen-bond acceptors (Lipinski definition) is 6. The summed E-state index contributed by atoms with van der Waals surface area (Å²) < 4.78 is 12.4. The van der Waals surface area contributed by atoms with Crippen molar-refractivity contribution in [3.63, 3.8) is 0 Å². The van der Waals surface area contributed by atoms with Gasteiger partial charge in [0.2, 0.25) is 0 Å². The minimum absolute atomic E-state index is 0.648. The molecule has 6 heteroatoms. The molecule has 4 heterocycles. The maximum atomic E-state index is 6.22. The number of para-hydroxylation sites is 3. The number of nitrogens with zero attached hydrogens (tertiary/aromatic N) is 4. The summed E-state index contributed by atoms with van der Waals surface area (Å²) in [5, 5.41) is 5.35. The summed E-state index contributed by atoms with van der Waals surface area (Å²) in [5.41, 5.74) is 14.1. The maximum absolute atomic E-state index is 6.22. The van der Waals surface area contributed by atoms with Crippen LogP contribution in [-0.2, 0) is 0 Å². The molecule has 12 aromatic rings. The van der Waals surface area contributed by atoms with E-state index in [1.54, 1.807) is 0 Å². The van der Waals surface area contributed by atoms with Crippen molar-refractivity contribution >= 4 is 54.8 Å². The Bertz CT molecular complexity index is 3480. The van der Waals surface area contributed by atoms with Crippen LogP contribution in [0.2, 0.25) is 0 Å². The van der Waals surface area contributed by atoms with Crippen molar-refractivity contribution in [2.45, 2.75) is 0 Å². The molecule has 0 radical (unpaired) electrons. The summed E-state index contributed by atoms with van der Waals surface area (Å²) in [6, 6.07) is 64.6. The van der Waals surface area contributed by atoms with Crippen LogP contribution >= 0.6 is 0 Å². The van der Waals surface area contributed by atoms with Crippen LogP contribution in [0.3, 0.4) is 0 Å². The van der Waals surface area contributed by atoms with Gasteiger partial charge in [0.15, 0.2) is 11.6 Å². The Balaban J connectivity index is 1.03. The van der Waals surface area contributed by atoms with E-state index in [0.29, 0.717) is 11.6 Å². The zero-order chi connectivity index (χ0) is 39.6. The standard InChI is InChI=1S/C54H32N4O2/c1-2-10-34(11-3-1)54-57-47(33-18-20-35(21-19-33)53-55-32-38-12-4-7-15-46(38)56-53)31-48(58-54)41-27-39(36-22-24-51-44(29-36)42-13-5-8-16-49(42)59-51)26-40(28-41)37-23-25-52-45(30-37)43-14-6-9-17-50(43)60-52/h1-32H. The predicted molar refractivity (Wildman–Crippen MR) is 242 cm³/mol. The van der Waals surface area contributed by atoms with Gasteiger partial charge in [-0.05, 0) is 89.0 Å². The van der Waals surface area contributed by atoms with Gasteiger partial charge < -0.3 is 8.83 Å². The molecule has 280 valence electrons. The minimum atomic E-state index is 0.648. The van der Waals surface area contributed by atoms with Crippen molar-refractivity contribution in [1.29, 1.82) is 0 Å². The number of hydrogen-bond donors (Lipinski definition) is 0. The normalized spacial score (nSPS) is 11.7. The lowest BCUT2D eigenvalue weighted by Gasteiger charge is -2.14. The quantitative estimate of drug-likeness (QED) is 0.168. The summed E-state index contributed by atoms with van der Waals surface area (Å²) in [7, 11) is 0. The maximum Gasteiger partial charge on any atom is 0.160 e. The fourth-order valence-electron chi connectivity index (χ4n) is 8.28. The molecule has 6 nitrogen and oxygen atoms in total. The molecular weight excluding hydrogens is 737 g/mol. The van der Waals surface area contributed by atoms with E-state index < -0.39 is 0 Å². The third-order valence-corrected chi connectivity index (χ3v) is 11.3. The molecule has 0 aliphatic rings. The SMILES string of the molecule is c1ccc(-c2nc(-c3ccc(-c4ncc5ccccc5n4)cc3)cc(-c3cc(-c4ccc5oc6ccccc6c5c4)cc(-c4ccc5oc6ccccc6c5c4)c3)n2)cc1. The molecule has 0 aliphatic carbocycles. The van der Waals surface area contributed by atoms with Gasteiger partial charge in [-0.1, -0.05) is 121 Å². The Morgan fingerprint density at radius 1 is 0.300 bits per heavy atom. The van der Waals surface area contributed by atoms with Crippen LogP contribution in [0.1, 0.15) is 0 Å². The van der Waals surface area contributed by atoms with Crippen molar-refractivity contribution in [3.8, 4) is 67.5 Å². The van der Waals surface area contributed by atoms with E-state index in [-0.39, 0.29) is 0 Å². The number of aromatic nitrogens is 4. The summed E-state index contributed by atoms with van der Waals surface area (Å²) in [6.45, 7) is 0. The molecule has 0 bridgehead atoms. The van der Waals surface area contributed by atoms with Crippen LogP contribution in [0.4, 0.5) is 0 Å². The molecule has 0 N–H and O–H groups in total. The molecule has 0 amide bonds. The first-order valence-corrected chi connectivity index (χ1v) is 19.9. The predicted octanol–water partition coefficient (Wildman–Crippen LogP) is 14.2. The molecule has 0 atom stereocenters. The monoisotopic (exact) mass is 768 g/mol. The fraction of sp³-hybridized carbons (Fsp3) is 0. The highest BCUT2D eigenvalue weighted by molar-refractivity contribution is 6.07. The highest BCUT2D eigenvalue weighted by Gasteiger charge is 2.17. The van der Waals surface area contributed by atoms with Crippen molar-refractivity contribution in [2.24, 2.45) is 0 Å².